The molecule has 0 aliphatic rings. The van der Waals surface area contributed by atoms with Gasteiger partial charge in [0.25, 0.3) is 5.91 Å². The number of carbonyl (C=O) groups excluding carboxylic acids is 2. The molecule has 0 aromatic heterocycles. The maximum Gasteiger partial charge on any atom is 0.251 e. The van der Waals surface area contributed by atoms with Gasteiger partial charge < -0.3 is 20.7 Å². The van der Waals surface area contributed by atoms with Gasteiger partial charge in [0.05, 0.1) is 24.9 Å². The van der Waals surface area contributed by atoms with Crippen molar-refractivity contribution in [1.82, 2.24) is 5.32 Å². The third kappa shape index (κ3) is 7.38. The minimum atomic E-state index is -0.181. The maximum absolute atomic E-state index is 12.5. The summed E-state index contributed by atoms with van der Waals surface area (Å²) in [4.78, 5) is 24.9. The highest BCUT2D eigenvalue weighted by Gasteiger charge is 2.12. The van der Waals surface area contributed by atoms with Crippen LogP contribution >= 0.6 is 0 Å². The van der Waals surface area contributed by atoms with Crippen LogP contribution in [0.1, 0.15) is 48.7 Å². The van der Waals surface area contributed by atoms with E-state index in [9.17, 15) is 9.59 Å². The van der Waals surface area contributed by atoms with Gasteiger partial charge in [-0.3, -0.25) is 9.59 Å². The first-order chi connectivity index (χ1) is 16.1. The number of hydrogen-bond acceptors (Lipinski definition) is 4. The number of benzene rings is 3. The monoisotopic (exact) mass is 445 g/mol. The van der Waals surface area contributed by atoms with Crippen LogP contribution in [0.5, 0.6) is 5.75 Å². The first-order valence-electron chi connectivity index (χ1n) is 11.3. The first-order valence-corrected chi connectivity index (χ1v) is 11.3. The number of hydrogen-bond donors (Lipinski definition) is 3. The molecule has 0 saturated heterocycles. The molecule has 172 valence electrons. The maximum atomic E-state index is 12.5. The van der Waals surface area contributed by atoms with Gasteiger partial charge in [-0.2, -0.15) is 0 Å². The third-order valence-electron chi connectivity index (χ3n) is 5.16. The second-order valence-electron chi connectivity index (χ2n) is 7.78. The van der Waals surface area contributed by atoms with E-state index < -0.39 is 0 Å². The lowest BCUT2D eigenvalue weighted by atomic mass is 10.1. The largest absolute Gasteiger partial charge is 0.491 e. The van der Waals surface area contributed by atoms with Crippen LogP contribution in [-0.2, 0) is 4.79 Å². The Hall–Kier alpha value is -3.80. The summed E-state index contributed by atoms with van der Waals surface area (Å²) in [6.07, 6.45) is 2.01. The second kappa shape index (κ2) is 12.3. The van der Waals surface area contributed by atoms with Crippen LogP contribution in [0.4, 0.5) is 11.4 Å². The van der Waals surface area contributed by atoms with Gasteiger partial charge in [-0.05, 0) is 55.3 Å². The number of ether oxygens (including phenoxy) is 1. The molecular formula is C27H31N3O3. The zero-order valence-corrected chi connectivity index (χ0v) is 19.1. The minimum absolute atomic E-state index is 0.0889. The van der Waals surface area contributed by atoms with Gasteiger partial charge >= 0.3 is 0 Å². The fourth-order valence-corrected chi connectivity index (χ4v) is 3.24. The summed E-state index contributed by atoms with van der Waals surface area (Å²) in [7, 11) is 0. The van der Waals surface area contributed by atoms with Crippen molar-refractivity contribution < 1.29 is 14.3 Å². The number of nitrogens with one attached hydrogen (secondary N) is 3. The van der Waals surface area contributed by atoms with Gasteiger partial charge in [-0.1, -0.05) is 55.8 Å². The van der Waals surface area contributed by atoms with E-state index in [4.69, 9.17) is 4.74 Å². The Bertz CT molecular complexity index is 1040. The van der Waals surface area contributed by atoms with Crippen LogP contribution in [0.3, 0.4) is 0 Å². The van der Waals surface area contributed by atoms with Gasteiger partial charge in [0.15, 0.2) is 0 Å². The highest BCUT2D eigenvalue weighted by atomic mass is 16.5. The molecule has 0 heterocycles. The molecule has 1 atom stereocenters. The van der Waals surface area contributed by atoms with Gasteiger partial charge in [0, 0.05) is 11.3 Å². The Kier molecular flexibility index (Phi) is 8.88. The van der Waals surface area contributed by atoms with Crippen molar-refractivity contribution in [3.05, 3.63) is 90.0 Å². The average molecular weight is 446 g/mol. The van der Waals surface area contributed by atoms with E-state index in [1.165, 1.54) is 0 Å². The summed E-state index contributed by atoms with van der Waals surface area (Å²) in [6, 6.07) is 24.2. The van der Waals surface area contributed by atoms with Crippen molar-refractivity contribution in [3.8, 4) is 5.75 Å². The molecule has 1 unspecified atom stereocenters. The Morgan fingerprint density at radius 2 is 1.61 bits per heavy atom. The second-order valence-corrected chi connectivity index (χ2v) is 7.78. The number of carbonyl (C=O) groups is 2. The van der Waals surface area contributed by atoms with E-state index in [0.717, 1.165) is 24.1 Å². The van der Waals surface area contributed by atoms with Gasteiger partial charge in [0.1, 0.15) is 5.75 Å². The highest BCUT2D eigenvalue weighted by Crippen LogP contribution is 2.24. The van der Waals surface area contributed by atoms with E-state index in [1.54, 1.807) is 24.3 Å². The number of amides is 2. The summed E-state index contributed by atoms with van der Waals surface area (Å²) in [5.74, 6) is 0.342. The van der Waals surface area contributed by atoms with E-state index >= 15 is 0 Å². The molecule has 0 fully saturated rings. The van der Waals surface area contributed by atoms with E-state index in [-0.39, 0.29) is 24.4 Å². The predicted molar refractivity (Wildman–Crippen MR) is 133 cm³/mol. The number of anilines is 2. The Labute approximate surface area is 195 Å². The van der Waals surface area contributed by atoms with Crippen molar-refractivity contribution >= 4 is 23.2 Å². The lowest BCUT2D eigenvalue weighted by Crippen LogP contribution is -2.26. The molecule has 3 rings (SSSR count). The lowest BCUT2D eigenvalue weighted by molar-refractivity contribution is -0.114. The minimum Gasteiger partial charge on any atom is -0.491 e. The number of unbranched alkanes of at least 4 members (excludes halogenated alkanes) is 1. The molecule has 3 aromatic rings. The molecule has 6 nitrogen and oxygen atoms in total. The van der Waals surface area contributed by atoms with E-state index in [2.05, 4.69) is 22.9 Å². The molecule has 0 aliphatic heterocycles. The summed E-state index contributed by atoms with van der Waals surface area (Å²) < 4.78 is 5.76. The third-order valence-corrected chi connectivity index (χ3v) is 5.16. The fraction of sp³-hybridized carbons (Fsp3) is 0.259. The topological polar surface area (TPSA) is 79.5 Å². The first kappa shape index (κ1) is 23.9. The standard InChI is InChI=1S/C27H31N3O3/c1-3-4-18-33-25-13-9-8-12-24(25)30-26(31)19-28-23-16-14-22(15-17-23)27(32)29-20(2)21-10-6-5-7-11-21/h5-17,20,28H,3-4,18-19H2,1-2H3,(H,29,32)(H,30,31). The molecule has 0 radical (unpaired) electrons. The molecular weight excluding hydrogens is 414 g/mol. The summed E-state index contributed by atoms with van der Waals surface area (Å²) in [6.45, 7) is 4.77. The SMILES string of the molecule is CCCCOc1ccccc1NC(=O)CNc1ccc(C(=O)NC(C)c2ccccc2)cc1. The van der Waals surface area contributed by atoms with Crippen molar-refractivity contribution in [2.45, 2.75) is 32.7 Å². The zero-order chi connectivity index (χ0) is 23.5. The number of para-hydroxylation sites is 2. The van der Waals surface area contributed by atoms with Crippen LogP contribution in [0.2, 0.25) is 0 Å². The molecule has 6 heteroatoms. The molecule has 0 spiro atoms. The highest BCUT2D eigenvalue weighted by molar-refractivity contribution is 5.96. The fourth-order valence-electron chi connectivity index (χ4n) is 3.24. The van der Waals surface area contributed by atoms with E-state index in [1.807, 2.05) is 61.5 Å². The average Bonchev–Trinajstić information content (AvgIpc) is 2.85. The van der Waals surface area contributed by atoms with Crippen molar-refractivity contribution in [3.63, 3.8) is 0 Å². The van der Waals surface area contributed by atoms with Crippen LogP contribution in [0.25, 0.3) is 0 Å². The van der Waals surface area contributed by atoms with Crippen molar-refractivity contribution in [1.29, 1.82) is 0 Å². The van der Waals surface area contributed by atoms with Gasteiger partial charge in [-0.25, -0.2) is 0 Å². The Balaban J connectivity index is 1.49. The molecule has 3 N–H and O–H groups in total. The van der Waals surface area contributed by atoms with E-state index in [0.29, 0.717) is 23.6 Å². The van der Waals surface area contributed by atoms with Crippen LogP contribution in [-0.4, -0.2) is 25.0 Å². The Morgan fingerprint density at radius 3 is 2.33 bits per heavy atom. The molecule has 0 saturated carbocycles. The zero-order valence-electron chi connectivity index (χ0n) is 19.1. The lowest BCUT2D eigenvalue weighted by Gasteiger charge is -2.15. The number of rotatable bonds is 11. The molecule has 3 aromatic carbocycles. The summed E-state index contributed by atoms with van der Waals surface area (Å²) >= 11 is 0. The predicted octanol–water partition coefficient (Wildman–Crippen LogP) is 5.41. The quantitative estimate of drug-likeness (QED) is 0.345. The van der Waals surface area contributed by atoms with Crippen molar-refractivity contribution in [2.24, 2.45) is 0 Å². The summed E-state index contributed by atoms with van der Waals surface area (Å²) in [5.41, 5.74) is 3.02. The normalized spacial score (nSPS) is 11.3. The molecule has 0 bridgehead atoms. The van der Waals surface area contributed by atoms with Crippen LogP contribution in [0.15, 0.2) is 78.9 Å². The van der Waals surface area contributed by atoms with Crippen LogP contribution in [0, 0.1) is 0 Å². The van der Waals surface area contributed by atoms with Gasteiger partial charge in [0.2, 0.25) is 5.91 Å². The molecule has 33 heavy (non-hydrogen) atoms. The molecule has 0 aliphatic carbocycles. The van der Waals surface area contributed by atoms with Crippen molar-refractivity contribution in [2.75, 3.05) is 23.8 Å². The molecule has 2 amide bonds. The smallest absolute Gasteiger partial charge is 0.251 e. The Morgan fingerprint density at radius 1 is 0.909 bits per heavy atom. The van der Waals surface area contributed by atoms with Crippen LogP contribution < -0.4 is 20.7 Å². The van der Waals surface area contributed by atoms with Gasteiger partial charge in [-0.15, -0.1) is 0 Å². The summed E-state index contributed by atoms with van der Waals surface area (Å²) in [5, 5.41) is 8.97.